The van der Waals surface area contributed by atoms with E-state index < -0.39 is 4.92 Å². The highest BCUT2D eigenvalue weighted by atomic mass is 16.6. The van der Waals surface area contributed by atoms with E-state index in [-0.39, 0.29) is 17.6 Å². The van der Waals surface area contributed by atoms with E-state index in [1.807, 2.05) is 0 Å². The number of rotatable bonds is 6. The van der Waals surface area contributed by atoms with E-state index in [0.29, 0.717) is 23.7 Å². The van der Waals surface area contributed by atoms with Gasteiger partial charge in [-0.25, -0.2) is 4.68 Å². The lowest BCUT2D eigenvalue weighted by Crippen LogP contribution is -2.41. The van der Waals surface area contributed by atoms with Gasteiger partial charge in [-0.2, -0.15) is 5.10 Å². The third kappa shape index (κ3) is 3.37. The van der Waals surface area contributed by atoms with Crippen LogP contribution in [-0.2, 0) is 0 Å². The highest BCUT2D eigenvalue weighted by Gasteiger charge is 2.31. The molecular weight excluding hydrogens is 298 g/mol. The van der Waals surface area contributed by atoms with Gasteiger partial charge in [-0.1, -0.05) is 0 Å². The van der Waals surface area contributed by atoms with Gasteiger partial charge in [0.2, 0.25) is 0 Å². The first-order chi connectivity index (χ1) is 11.1. The molecule has 1 amide bonds. The van der Waals surface area contributed by atoms with Crippen LogP contribution in [0.5, 0.6) is 0 Å². The molecule has 1 saturated carbocycles. The highest BCUT2D eigenvalue weighted by molar-refractivity contribution is 5.94. The Morgan fingerprint density at radius 2 is 2.13 bits per heavy atom. The zero-order valence-corrected chi connectivity index (χ0v) is 12.4. The number of nitrogens with two attached hydrogens (primary N) is 1. The summed E-state index contributed by atoms with van der Waals surface area (Å²) in [6, 6.07) is 5.97. The van der Waals surface area contributed by atoms with E-state index in [4.69, 9.17) is 5.73 Å². The van der Waals surface area contributed by atoms with Crippen molar-refractivity contribution in [3.8, 4) is 5.69 Å². The van der Waals surface area contributed by atoms with Crippen LogP contribution in [-0.4, -0.2) is 33.2 Å². The first-order valence-electron chi connectivity index (χ1n) is 7.39. The molecule has 8 nitrogen and oxygen atoms in total. The van der Waals surface area contributed by atoms with Gasteiger partial charge >= 0.3 is 0 Å². The fourth-order valence-electron chi connectivity index (χ4n) is 2.43. The minimum atomic E-state index is -0.462. The predicted octanol–water partition coefficient (Wildman–Crippen LogP) is 1.25. The SMILES string of the molecule is NCC(NC(=O)c1cnn(-c2ccc([N+](=O)[O-])cc2)c1)C1CC1. The minimum Gasteiger partial charge on any atom is -0.348 e. The number of carbonyl (C=O) groups is 1. The number of non-ortho nitro benzene ring substituents is 1. The molecule has 1 fully saturated rings. The molecule has 1 aliphatic rings. The van der Waals surface area contributed by atoms with Crippen LogP contribution in [0.2, 0.25) is 0 Å². The summed E-state index contributed by atoms with van der Waals surface area (Å²) in [5, 5.41) is 17.7. The second-order valence-corrected chi connectivity index (χ2v) is 5.60. The Bertz CT molecular complexity index is 721. The zero-order chi connectivity index (χ0) is 16.4. The van der Waals surface area contributed by atoms with Crippen molar-refractivity contribution in [2.75, 3.05) is 6.54 Å². The molecule has 0 saturated heterocycles. The lowest BCUT2D eigenvalue weighted by molar-refractivity contribution is -0.384. The molecule has 1 unspecified atom stereocenters. The lowest BCUT2D eigenvalue weighted by Gasteiger charge is -2.14. The number of benzene rings is 1. The largest absolute Gasteiger partial charge is 0.348 e. The molecule has 0 bridgehead atoms. The molecule has 0 radical (unpaired) electrons. The van der Waals surface area contributed by atoms with Crippen LogP contribution < -0.4 is 11.1 Å². The Morgan fingerprint density at radius 1 is 1.43 bits per heavy atom. The Labute approximate surface area is 132 Å². The van der Waals surface area contributed by atoms with E-state index in [9.17, 15) is 14.9 Å². The predicted molar refractivity (Wildman–Crippen MR) is 83.3 cm³/mol. The summed E-state index contributed by atoms with van der Waals surface area (Å²) in [6.07, 6.45) is 5.27. The number of hydrogen-bond donors (Lipinski definition) is 2. The Morgan fingerprint density at radius 3 is 2.70 bits per heavy atom. The van der Waals surface area contributed by atoms with Crippen LogP contribution in [0.25, 0.3) is 5.69 Å². The van der Waals surface area contributed by atoms with Crippen molar-refractivity contribution in [3.05, 3.63) is 52.3 Å². The summed E-state index contributed by atoms with van der Waals surface area (Å²) in [7, 11) is 0. The summed E-state index contributed by atoms with van der Waals surface area (Å²) in [4.78, 5) is 22.4. The Balaban J connectivity index is 1.71. The molecular formula is C15H17N5O3. The third-order valence-electron chi connectivity index (χ3n) is 3.93. The first kappa shape index (κ1) is 15.2. The number of aromatic nitrogens is 2. The molecule has 0 spiro atoms. The van der Waals surface area contributed by atoms with Gasteiger partial charge in [0.15, 0.2) is 0 Å². The van der Waals surface area contributed by atoms with Gasteiger partial charge in [0.25, 0.3) is 11.6 Å². The topological polar surface area (TPSA) is 116 Å². The van der Waals surface area contributed by atoms with Crippen molar-refractivity contribution >= 4 is 11.6 Å². The molecule has 1 aromatic heterocycles. The van der Waals surface area contributed by atoms with Gasteiger partial charge < -0.3 is 11.1 Å². The standard InChI is InChI=1S/C15H17N5O3/c16-7-14(10-1-2-10)18-15(21)11-8-17-19(9-11)12-3-5-13(6-4-12)20(22)23/h3-6,8-10,14H,1-2,7,16H2,(H,18,21). The van der Waals surface area contributed by atoms with Gasteiger partial charge in [0.05, 0.1) is 22.4 Å². The van der Waals surface area contributed by atoms with Crippen LogP contribution in [0, 0.1) is 16.0 Å². The second-order valence-electron chi connectivity index (χ2n) is 5.60. The van der Waals surface area contributed by atoms with E-state index in [2.05, 4.69) is 10.4 Å². The fourth-order valence-corrected chi connectivity index (χ4v) is 2.43. The lowest BCUT2D eigenvalue weighted by atomic mass is 10.2. The van der Waals surface area contributed by atoms with Gasteiger partial charge in [0.1, 0.15) is 0 Å². The molecule has 1 aliphatic carbocycles. The second kappa shape index (κ2) is 6.17. The Hall–Kier alpha value is -2.74. The van der Waals surface area contributed by atoms with Gasteiger partial charge in [-0.15, -0.1) is 0 Å². The van der Waals surface area contributed by atoms with Gasteiger partial charge in [-0.3, -0.25) is 14.9 Å². The van der Waals surface area contributed by atoms with Gasteiger partial charge in [-0.05, 0) is 30.9 Å². The molecule has 8 heteroatoms. The monoisotopic (exact) mass is 315 g/mol. The third-order valence-corrected chi connectivity index (χ3v) is 3.93. The number of amides is 1. The molecule has 3 rings (SSSR count). The van der Waals surface area contributed by atoms with Crippen molar-refractivity contribution in [1.29, 1.82) is 0 Å². The van der Waals surface area contributed by atoms with Crippen LogP contribution in [0.4, 0.5) is 5.69 Å². The number of carbonyl (C=O) groups excluding carboxylic acids is 1. The Kier molecular flexibility index (Phi) is 4.07. The smallest absolute Gasteiger partial charge is 0.269 e. The first-order valence-corrected chi connectivity index (χ1v) is 7.39. The van der Waals surface area contributed by atoms with E-state index in [1.165, 1.54) is 23.0 Å². The molecule has 1 atom stereocenters. The molecule has 3 N–H and O–H groups in total. The summed E-state index contributed by atoms with van der Waals surface area (Å²) < 4.78 is 1.51. The quantitative estimate of drug-likeness (QED) is 0.614. The summed E-state index contributed by atoms with van der Waals surface area (Å²) >= 11 is 0. The van der Waals surface area contributed by atoms with E-state index >= 15 is 0 Å². The summed E-state index contributed by atoms with van der Waals surface area (Å²) in [6.45, 7) is 0.424. The number of nitro groups is 1. The molecule has 2 aromatic rings. The fraction of sp³-hybridized carbons (Fsp3) is 0.333. The van der Waals surface area contributed by atoms with Crippen molar-refractivity contribution in [2.24, 2.45) is 11.7 Å². The molecule has 0 aliphatic heterocycles. The maximum atomic E-state index is 12.2. The molecule has 23 heavy (non-hydrogen) atoms. The molecule has 1 heterocycles. The summed E-state index contributed by atoms with van der Waals surface area (Å²) in [5.41, 5.74) is 6.77. The number of nitro benzene ring substituents is 1. The van der Waals surface area contributed by atoms with E-state index in [1.54, 1.807) is 18.3 Å². The van der Waals surface area contributed by atoms with Crippen molar-refractivity contribution in [1.82, 2.24) is 15.1 Å². The van der Waals surface area contributed by atoms with Crippen molar-refractivity contribution < 1.29 is 9.72 Å². The van der Waals surface area contributed by atoms with Gasteiger partial charge in [0, 0.05) is 30.9 Å². The van der Waals surface area contributed by atoms with E-state index in [0.717, 1.165) is 12.8 Å². The molecule has 120 valence electrons. The van der Waals surface area contributed by atoms with Crippen LogP contribution in [0.15, 0.2) is 36.7 Å². The maximum Gasteiger partial charge on any atom is 0.269 e. The van der Waals surface area contributed by atoms with Crippen LogP contribution in [0.1, 0.15) is 23.2 Å². The zero-order valence-electron chi connectivity index (χ0n) is 12.4. The number of nitrogens with zero attached hydrogens (tertiary/aromatic N) is 3. The van der Waals surface area contributed by atoms with Crippen molar-refractivity contribution in [3.63, 3.8) is 0 Å². The van der Waals surface area contributed by atoms with Crippen molar-refractivity contribution in [2.45, 2.75) is 18.9 Å². The number of nitrogens with one attached hydrogen (secondary N) is 1. The maximum absolute atomic E-state index is 12.2. The average Bonchev–Trinajstić information content (AvgIpc) is 3.28. The minimum absolute atomic E-state index is 0.00484. The molecule has 1 aromatic carbocycles. The van der Waals surface area contributed by atoms with Crippen LogP contribution in [0.3, 0.4) is 0 Å². The van der Waals surface area contributed by atoms with Crippen LogP contribution >= 0.6 is 0 Å². The average molecular weight is 315 g/mol. The highest BCUT2D eigenvalue weighted by Crippen LogP contribution is 2.32. The number of hydrogen-bond acceptors (Lipinski definition) is 5. The normalized spacial score (nSPS) is 15.2. The summed E-state index contributed by atoms with van der Waals surface area (Å²) in [5.74, 6) is 0.272.